The minimum atomic E-state index is -0.479. The number of carbonyl (C=O) groups excluding carboxylic acids is 1. The average molecular weight is 409 g/mol. The van der Waals surface area contributed by atoms with Gasteiger partial charge in [0.25, 0.3) is 0 Å². The summed E-state index contributed by atoms with van der Waals surface area (Å²) in [4.78, 5) is 14.8. The van der Waals surface area contributed by atoms with Crippen LogP contribution in [0.25, 0.3) is 5.52 Å². The van der Waals surface area contributed by atoms with E-state index in [0.717, 1.165) is 49.4 Å². The molecule has 30 heavy (non-hydrogen) atoms. The summed E-state index contributed by atoms with van der Waals surface area (Å²) in [7, 11) is 1.76. The molecular weight excluding hydrogens is 380 g/mol. The Bertz CT molecular complexity index is 994. The van der Waals surface area contributed by atoms with Crippen LogP contribution in [-0.4, -0.2) is 42.5 Å². The van der Waals surface area contributed by atoms with E-state index in [1.54, 1.807) is 13.3 Å². The van der Waals surface area contributed by atoms with Gasteiger partial charge in [0.15, 0.2) is 5.82 Å². The molecule has 0 unspecified atom stereocenters. The first-order chi connectivity index (χ1) is 14.6. The number of ether oxygens (including phenoxy) is 2. The zero-order chi connectivity index (χ0) is 21.0. The van der Waals surface area contributed by atoms with Crippen molar-refractivity contribution in [1.82, 2.24) is 9.61 Å². The molecule has 0 radical (unpaired) electrons. The number of aromatic nitrogens is 2. The molecule has 0 aliphatic carbocycles. The van der Waals surface area contributed by atoms with E-state index in [-0.39, 0.29) is 12.0 Å². The fourth-order valence-electron chi connectivity index (χ4n) is 4.00. The van der Waals surface area contributed by atoms with Crippen LogP contribution in [0, 0.1) is 5.41 Å². The number of rotatable bonds is 6. The predicted octanol–water partition coefficient (Wildman–Crippen LogP) is 4.34. The molecule has 4 rings (SSSR count). The highest BCUT2D eigenvalue weighted by atomic mass is 16.5. The van der Waals surface area contributed by atoms with Gasteiger partial charge < -0.3 is 14.4 Å². The van der Waals surface area contributed by atoms with Gasteiger partial charge in [0.1, 0.15) is 6.61 Å². The lowest BCUT2D eigenvalue weighted by Crippen LogP contribution is -2.42. The number of hydrogen-bond acceptors (Lipinski definition) is 5. The number of hydrogen-bond donors (Lipinski definition) is 1. The Labute approximate surface area is 176 Å². The molecule has 2 aromatic heterocycles. The molecule has 1 aliphatic heterocycles. The molecule has 0 saturated carbocycles. The molecule has 0 spiro atoms. The van der Waals surface area contributed by atoms with Gasteiger partial charge in [-0.15, -0.1) is 0 Å². The normalized spacial score (nSPS) is 15.9. The summed E-state index contributed by atoms with van der Waals surface area (Å²) >= 11 is 0. The minimum Gasteiger partial charge on any atom is -0.444 e. The lowest BCUT2D eigenvalue weighted by Gasteiger charge is -2.40. The van der Waals surface area contributed by atoms with Crippen molar-refractivity contribution in [3.8, 4) is 0 Å². The molecular formula is C23H28N4O3. The lowest BCUT2D eigenvalue weighted by molar-refractivity contribution is 0.0729. The molecule has 1 fully saturated rings. The zero-order valence-electron chi connectivity index (χ0n) is 17.5. The van der Waals surface area contributed by atoms with Gasteiger partial charge in [0.05, 0.1) is 24.0 Å². The molecule has 3 heterocycles. The number of amides is 1. The maximum absolute atomic E-state index is 12.5. The maximum Gasteiger partial charge on any atom is 0.412 e. The van der Waals surface area contributed by atoms with Crippen LogP contribution in [0.2, 0.25) is 0 Å². The summed E-state index contributed by atoms with van der Waals surface area (Å²) in [5.41, 5.74) is 2.80. The third kappa shape index (κ3) is 4.41. The van der Waals surface area contributed by atoms with Crippen molar-refractivity contribution in [2.45, 2.75) is 26.4 Å². The maximum atomic E-state index is 12.5. The molecule has 1 N–H and O–H groups in total. The molecule has 3 aromatic rings. The van der Waals surface area contributed by atoms with Gasteiger partial charge in [0.2, 0.25) is 0 Å². The second-order valence-corrected chi connectivity index (χ2v) is 8.16. The quantitative estimate of drug-likeness (QED) is 0.657. The van der Waals surface area contributed by atoms with Crippen molar-refractivity contribution in [2.24, 2.45) is 5.41 Å². The number of carbonyl (C=O) groups is 1. The summed E-state index contributed by atoms with van der Waals surface area (Å²) in [5.74, 6) is 0.883. The molecule has 7 heteroatoms. The van der Waals surface area contributed by atoms with E-state index in [2.05, 4.69) is 22.2 Å². The van der Waals surface area contributed by atoms with Crippen LogP contribution in [0.4, 0.5) is 16.3 Å². The van der Waals surface area contributed by atoms with Crippen molar-refractivity contribution < 1.29 is 14.3 Å². The SMILES string of the molecule is COCC1(C)CCN(c2c(NC(=O)OCc3ccccc3)ccc3ccnn23)CC1. The number of nitrogens with zero attached hydrogens (tertiary/aromatic N) is 3. The Balaban J connectivity index is 1.52. The van der Waals surface area contributed by atoms with E-state index < -0.39 is 6.09 Å². The highest BCUT2D eigenvalue weighted by Gasteiger charge is 2.32. The van der Waals surface area contributed by atoms with Gasteiger partial charge in [-0.25, -0.2) is 9.31 Å². The van der Waals surface area contributed by atoms with Crippen LogP contribution in [0.3, 0.4) is 0 Å². The van der Waals surface area contributed by atoms with Crippen LogP contribution >= 0.6 is 0 Å². The Kier molecular flexibility index (Phi) is 5.90. The van der Waals surface area contributed by atoms with Gasteiger partial charge in [-0.1, -0.05) is 37.3 Å². The highest BCUT2D eigenvalue weighted by molar-refractivity contribution is 5.89. The van der Waals surface area contributed by atoms with Gasteiger partial charge >= 0.3 is 6.09 Å². The van der Waals surface area contributed by atoms with Crippen LogP contribution < -0.4 is 10.2 Å². The monoisotopic (exact) mass is 408 g/mol. The number of anilines is 2. The van der Waals surface area contributed by atoms with Crippen LogP contribution in [-0.2, 0) is 16.1 Å². The zero-order valence-corrected chi connectivity index (χ0v) is 17.5. The average Bonchev–Trinajstić information content (AvgIpc) is 3.23. The van der Waals surface area contributed by atoms with E-state index in [4.69, 9.17) is 9.47 Å². The van der Waals surface area contributed by atoms with Gasteiger partial charge in [-0.2, -0.15) is 5.10 Å². The van der Waals surface area contributed by atoms with Crippen LogP contribution in [0.15, 0.2) is 54.7 Å². The van der Waals surface area contributed by atoms with E-state index in [9.17, 15) is 4.79 Å². The van der Waals surface area contributed by atoms with Crippen molar-refractivity contribution in [3.05, 3.63) is 60.3 Å². The van der Waals surface area contributed by atoms with Gasteiger partial charge in [-0.05, 0) is 42.0 Å². The van der Waals surface area contributed by atoms with E-state index in [1.807, 2.05) is 53.0 Å². The number of benzene rings is 1. The van der Waals surface area contributed by atoms with E-state index >= 15 is 0 Å². The predicted molar refractivity (Wildman–Crippen MR) is 117 cm³/mol. The first-order valence-corrected chi connectivity index (χ1v) is 10.3. The Morgan fingerprint density at radius 2 is 1.90 bits per heavy atom. The van der Waals surface area contributed by atoms with Crippen molar-refractivity contribution >= 4 is 23.1 Å². The fourth-order valence-corrected chi connectivity index (χ4v) is 4.00. The number of nitrogens with one attached hydrogen (secondary N) is 1. The topological polar surface area (TPSA) is 68.1 Å². The number of methoxy groups -OCH3 is 1. The summed E-state index contributed by atoms with van der Waals surface area (Å²) < 4.78 is 12.7. The first kappa shape index (κ1) is 20.2. The Hall–Kier alpha value is -3.06. The molecule has 0 bridgehead atoms. The molecule has 0 atom stereocenters. The van der Waals surface area contributed by atoms with Crippen LogP contribution in [0.1, 0.15) is 25.3 Å². The van der Waals surface area contributed by atoms with Gasteiger partial charge in [-0.3, -0.25) is 5.32 Å². The smallest absolute Gasteiger partial charge is 0.412 e. The van der Waals surface area contributed by atoms with Crippen molar-refractivity contribution in [2.75, 3.05) is 37.0 Å². The second kappa shape index (κ2) is 8.75. The van der Waals surface area contributed by atoms with E-state index in [0.29, 0.717) is 5.69 Å². The van der Waals surface area contributed by atoms with Gasteiger partial charge in [0, 0.05) is 20.2 Å². The molecule has 1 aliphatic rings. The number of fused-ring (bicyclic) bond motifs is 1. The number of pyridine rings is 1. The summed E-state index contributed by atoms with van der Waals surface area (Å²) in [6.45, 7) is 4.98. The third-order valence-electron chi connectivity index (χ3n) is 5.75. The minimum absolute atomic E-state index is 0.172. The molecule has 158 valence electrons. The van der Waals surface area contributed by atoms with E-state index in [1.165, 1.54) is 0 Å². The van der Waals surface area contributed by atoms with Crippen molar-refractivity contribution in [1.29, 1.82) is 0 Å². The lowest BCUT2D eigenvalue weighted by atomic mass is 9.81. The Morgan fingerprint density at radius 1 is 1.13 bits per heavy atom. The summed E-state index contributed by atoms with van der Waals surface area (Å²) in [6, 6.07) is 15.5. The third-order valence-corrected chi connectivity index (χ3v) is 5.75. The summed E-state index contributed by atoms with van der Waals surface area (Å²) in [6.07, 6.45) is 3.31. The number of piperidine rings is 1. The molecule has 7 nitrogen and oxygen atoms in total. The van der Waals surface area contributed by atoms with Crippen molar-refractivity contribution in [3.63, 3.8) is 0 Å². The second-order valence-electron chi connectivity index (χ2n) is 8.16. The molecule has 1 aromatic carbocycles. The summed E-state index contributed by atoms with van der Waals surface area (Å²) in [5, 5.41) is 7.40. The largest absolute Gasteiger partial charge is 0.444 e. The Morgan fingerprint density at radius 3 is 2.63 bits per heavy atom. The fraction of sp³-hybridized carbons (Fsp3) is 0.391. The highest BCUT2D eigenvalue weighted by Crippen LogP contribution is 2.36. The molecule has 1 amide bonds. The van der Waals surface area contributed by atoms with Crippen LogP contribution in [0.5, 0.6) is 0 Å². The first-order valence-electron chi connectivity index (χ1n) is 10.3. The standard InChI is InChI=1S/C23H28N4O3/c1-23(17-29-2)11-14-26(15-12-23)21-20(9-8-19-10-13-24-27(19)21)25-22(28)30-16-18-6-4-3-5-7-18/h3-10,13H,11-12,14-17H2,1-2H3,(H,25,28). The molecule has 1 saturated heterocycles.